The summed E-state index contributed by atoms with van der Waals surface area (Å²) in [6.45, 7) is 0.727. The normalized spacial score (nSPS) is 19.7. The third kappa shape index (κ3) is 2.32. The Bertz CT molecular complexity index is 469. The van der Waals surface area contributed by atoms with E-state index in [0.717, 1.165) is 12.1 Å². The van der Waals surface area contributed by atoms with Gasteiger partial charge in [-0.15, -0.1) is 0 Å². The van der Waals surface area contributed by atoms with Gasteiger partial charge in [-0.2, -0.15) is 0 Å². The number of aliphatic hydroxyl groups excluding tert-OH is 1. The van der Waals surface area contributed by atoms with Crippen LogP contribution in [0.25, 0.3) is 0 Å². The van der Waals surface area contributed by atoms with Gasteiger partial charge in [0.05, 0.1) is 16.0 Å². The Morgan fingerprint density at radius 3 is 2.82 bits per heavy atom. The number of β-amino-alcohol motifs (C(OH)–C–C–N with tert-alkyl or cyclic N) is 1. The van der Waals surface area contributed by atoms with E-state index in [1.807, 2.05) is 0 Å². The first-order chi connectivity index (χ1) is 7.99. The molecule has 2 rings (SSSR count). The molecule has 92 valence electrons. The lowest BCUT2D eigenvalue weighted by molar-refractivity contribution is -0.384. The first kappa shape index (κ1) is 12.1. The minimum atomic E-state index is -0.700. The zero-order valence-corrected chi connectivity index (χ0v) is 9.52. The summed E-state index contributed by atoms with van der Waals surface area (Å²) in [7, 11) is 0. The molecule has 1 N–H and O–H groups in total. The SMILES string of the molecule is O=[N+]([O-])c1cc(Cl)c(F)cc1N1CCC(O)C1. The van der Waals surface area contributed by atoms with E-state index in [1.165, 1.54) is 0 Å². The maximum absolute atomic E-state index is 13.3. The molecule has 0 aromatic heterocycles. The van der Waals surface area contributed by atoms with E-state index in [1.54, 1.807) is 4.90 Å². The van der Waals surface area contributed by atoms with Gasteiger partial charge >= 0.3 is 0 Å². The number of nitrogens with zero attached hydrogens (tertiary/aromatic N) is 2. The number of nitro benzene ring substituents is 1. The molecule has 0 spiro atoms. The second-order valence-corrected chi connectivity index (χ2v) is 4.31. The zero-order valence-electron chi connectivity index (χ0n) is 8.77. The van der Waals surface area contributed by atoms with E-state index in [4.69, 9.17) is 11.6 Å². The van der Waals surface area contributed by atoms with E-state index < -0.39 is 16.8 Å². The Morgan fingerprint density at radius 1 is 1.59 bits per heavy atom. The fourth-order valence-corrected chi connectivity index (χ4v) is 2.04. The average Bonchev–Trinajstić information content (AvgIpc) is 2.68. The molecule has 0 amide bonds. The van der Waals surface area contributed by atoms with Gasteiger partial charge in [0.2, 0.25) is 0 Å². The molecule has 1 unspecified atom stereocenters. The Morgan fingerprint density at radius 2 is 2.29 bits per heavy atom. The molecule has 0 aliphatic carbocycles. The van der Waals surface area contributed by atoms with Crippen LogP contribution in [0.1, 0.15) is 6.42 Å². The van der Waals surface area contributed by atoms with Crippen molar-refractivity contribution >= 4 is 23.0 Å². The summed E-state index contributed by atoms with van der Waals surface area (Å²) in [5, 5.41) is 20.0. The summed E-state index contributed by atoms with van der Waals surface area (Å²) < 4.78 is 13.3. The highest BCUT2D eigenvalue weighted by molar-refractivity contribution is 6.31. The van der Waals surface area contributed by atoms with Crippen LogP contribution in [0, 0.1) is 15.9 Å². The molecular weight excluding hydrogens is 251 g/mol. The van der Waals surface area contributed by atoms with Crippen molar-refractivity contribution in [3.05, 3.63) is 33.1 Å². The predicted molar refractivity (Wildman–Crippen MR) is 60.9 cm³/mol. The summed E-state index contributed by atoms with van der Waals surface area (Å²) in [5.74, 6) is -0.700. The molecule has 1 fully saturated rings. The second kappa shape index (κ2) is 4.46. The van der Waals surface area contributed by atoms with Crippen molar-refractivity contribution in [3.63, 3.8) is 0 Å². The molecule has 1 aromatic carbocycles. The van der Waals surface area contributed by atoms with Crippen molar-refractivity contribution in [1.29, 1.82) is 0 Å². The molecule has 7 heteroatoms. The lowest BCUT2D eigenvalue weighted by Gasteiger charge is -2.17. The first-order valence-corrected chi connectivity index (χ1v) is 5.43. The number of nitro groups is 1. The topological polar surface area (TPSA) is 66.6 Å². The average molecular weight is 261 g/mol. The van der Waals surface area contributed by atoms with Crippen molar-refractivity contribution in [1.82, 2.24) is 0 Å². The minimum absolute atomic E-state index is 0.161. The standard InChI is InChI=1S/C10H10ClFN2O3/c11-7-3-10(14(16)17)9(4-8(7)12)13-2-1-6(15)5-13/h3-4,6,15H,1-2,5H2. The first-order valence-electron chi connectivity index (χ1n) is 5.05. The van der Waals surface area contributed by atoms with Crippen LogP contribution in [0.3, 0.4) is 0 Å². The van der Waals surface area contributed by atoms with Crippen LogP contribution < -0.4 is 4.90 Å². The van der Waals surface area contributed by atoms with Crippen molar-refractivity contribution < 1.29 is 14.4 Å². The van der Waals surface area contributed by atoms with E-state index in [-0.39, 0.29) is 22.9 Å². The number of halogens is 2. The van der Waals surface area contributed by atoms with E-state index in [2.05, 4.69) is 0 Å². The van der Waals surface area contributed by atoms with Crippen LogP contribution in [-0.2, 0) is 0 Å². The molecule has 17 heavy (non-hydrogen) atoms. The lowest BCUT2D eigenvalue weighted by atomic mass is 10.2. The van der Waals surface area contributed by atoms with Gasteiger partial charge in [0, 0.05) is 25.2 Å². The highest BCUT2D eigenvalue weighted by Crippen LogP contribution is 2.34. The molecule has 1 aliphatic heterocycles. The number of hydrogen-bond donors (Lipinski definition) is 1. The van der Waals surface area contributed by atoms with Crippen LogP contribution in [0.15, 0.2) is 12.1 Å². The van der Waals surface area contributed by atoms with Crippen LogP contribution >= 0.6 is 11.6 Å². The third-order valence-corrected chi connectivity index (χ3v) is 3.01. The number of aliphatic hydroxyl groups is 1. The van der Waals surface area contributed by atoms with Gasteiger partial charge in [-0.25, -0.2) is 4.39 Å². The molecular formula is C10H10ClFN2O3. The molecule has 5 nitrogen and oxygen atoms in total. The van der Waals surface area contributed by atoms with Gasteiger partial charge in [-0.05, 0) is 6.42 Å². The zero-order chi connectivity index (χ0) is 12.6. The molecule has 1 aliphatic rings. The molecule has 1 atom stereocenters. The van der Waals surface area contributed by atoms with Crippen molar-refractivity contribution in [3.8, 4) is 0 Å². The highest BCUT2D eigenvalue weighted by atomic mass is 35.5. The summed E-state index contributed by atoms with van der Waals surface area (Å²) in [4.78, 5) is 11.8. The molecule has 1 saturated heterocycles. The van der Waals surface area contributed by atoms with Gasteiger partial charge in [0.15, 0.2) is 0 Å². The smallest absolute Gasteiger partial charge is 0.294 e. The summed E-state index contributed by atoms with van der Waals surface area (Å²) >= 11 is 5.52. The van der Waals surface area contributed by atoms with Gasteiger partial charge in [-0.1, -0.05) is 11.6 Å². The van der Waals surface area contributed by atoms with Crippen molar-refractivity contribution in [2.24, 2.45) is 0 Å². The van der Waals surface area contributed by atoms with Crippen LogP contribution in [0.2, 0.25) is 5.02 Å². The predicted octanol–water partition coefficient (Wildman–Crippen LogP) is 1.96. The van der Waals surface area contributed by atoms with Crippen molar-refractivity contribution in [2.75, 3.05) is 18.0 Å². The fraction of sp³-hybridized carbons (Fsp3) is 0.400. The van der Waals surface area contributed by atoms with Crippen LogP contribution in [0.5, 0.6) is 0 Å². The second-order valence-electron chi connectivity index (χ2n) is 3.90. The van der Waals surface area contributed by atoms with E-state index in [9.17, 15) is 19.6 Å². The van der Waals surface area contributed by atoms with Crippen LogP contribution in [0.4, 0.5) is 15.8 Å². The number of hydrogen-bond acceptors (Lipinski definition) is 4. The molecule has 0 saturated carbocycles. The number of anilines is 1. The molecule has 0 bridgehead atoms. The minimum Gasteiger partial charge on any atom is -0.391 e. The summed E-state index contributed by atoms with van der Waals surface area (Å²) in [6.07, 6.45) is -0.0187. The monoisotopic (exact) mass is 260 g/mol. The maximum atomic E-state index is 13.3. The Kier molecular flexibility index (Phi) is 3.17. The molecule has 1 aromatic rings. The Balaban J connectivity index is 2.44. The van der Waals surface area contributed by atoms with Gasteiger partial charge < -0.3 is 10.0 Å². The molecule has 1 heterocycles. The Labute approximate surface area is 102 Å². The van der Waals surface area contributed by atoms with Crippen LogP contribution in [-0.4, -0.2) is 29.2 Å². The number of benzene rings is 1. The van der Waals surface area contributed by atoms with E-state index in [0.29, 0.717) is 13.0 Å². The quantitative estimate of drug-likeness (QED) is 0.652. The maximum Gasteiger partial charge on any atom is 0.294 e. The number of rotatable bonds is 2. The summed E-state index contributed by atoms with van der Waals surface area (Å²) in [6, 6.07) is 2.04. The lowest BCUT2D eigenvalue weighted by Crippen LogP contribution is -2.22. The van der Waals surface area contributed by atoms with Crippen molar-refractivity contribution in [2.45, 2.75) is 12.5 Å². The fourth-order valence-electron chi connectivity index (χ4n) is 1.89. The van der Waals surface area contributed by atoms with Gasteiger partial charge in [0.25, 0.3) is 5.69 Å². The van der Waals surface area contributed by atoms with Gasteiger partial charge in [0.1, 0.15) is 11.5 Å². The third-order valence-electron chi connectivity index (χ3n) is 2.72. The molecule has 0 radical (unpaired) electrons. The Hall–Kier alpha value is -1.40. The van der Waals surface area contributed by atoms with Gasteiger partial charge in [-0.3, -0.25) is 10.1 Å². The highest BCUT2D eigenvalue weighted by Gasteiger charge is 2.27. The van der Waals surface area contributed by atoms with E-state index >= 15 is 0 Å². The summed E-state index contributed by atoms with van der Waals surface area (Å²) in [5.41, 5.74) is -0.0843. The largest absolute Gasteiger partial charge is 0.391 e.